The number of benzene rings is 1. The highest BCUT2D eigenvalue weighted by Crippen LogP contribution is 2.19. The molecule has 18 heavy (non-hydrogen) atoms. The number of halogens is 1. The molecular formula is C14H9FN2O. The largest absolute Gasteiger partial charge is 0.345 e. The maximum absolute atomic E-state index is 12.8. The predicted molar refractivity (Wildman–Crippen MR) is 65.9 cm³/mol. The Morgan fingerprint density at radius 2 is 1.94 bits per heavy atom. The van der Waals surface area contributed by atoms with Gasteiger partial charge in [0.2, 0.25) is 0 Å². The van der Waals surface area contributed by atoms with Crippen LogP contribution in [0.2, 0.25) is 0 Å². The zero-order valence-electron chi connectivity index (χ0n) is 9.35. The normalized spacial score (nSPS) is 10.7. The van der Waals surface area contributed by atoms with Gasteiger partial charge < -0.3 is 4.98 Å². The molecule has 3 rings (SSSR count). The van der Waals surface area contributed by atoms with Crippen LogP contribution in [0.3, 0.4) is 0 Å². The fourth-order valence-corrected chi connectivity index (χ4v) is 1.90. The van der Waals surface area contributed by atoms with E-state index in [1.165, 1.54) is 24.3 Å². The van der Waals surface area contributed by atoms with Gasteiger partial charge >= 0.3 is 0 Å². The number of fused-ring (bicyclic) bond motifs is 1. The molecule has 0 aliphatic rings. The second-order valence-corrected chi connectivity index (χ2v) is 3.94. The lowest BCUT2D eigenvalue weighted by Crippen LogP contribution is -2.00. The van der Waals surface area contributed by atoms with Crippen LogP contribution in [-0.2, 0) is 0 Å². The number of hydrogen-bond acceptors (Lipinski definition) is 2. The van der Waals surface area contributed by atoms with Gasteiger partial charge in [-0.3, -0.25) is 4.79 Å². The lowest BCUT2D eigenvalue weighted by atomic mass is 10.0. The Balaban J connectivity index is 2.09. The monoisotopic (exact) mass is 240 g/mol. The van der Waals surface area contributed by atoms with Crippen molar-refractivity contribution in [2.24, 2.45) is 0 Å². The van der Waals surface area contributed by atoms with Crippen LogP contribution in [0.25, 0.3) is 11.0 Å². The van der Waals surface area contributed by atoms with E-state index in [1.807, 2.05) is 6.07 Å². The SMILES string of the molecule is O=C(c1ccc(F)cc1)c1c[nH]c2ncccc12. The first-order valence-electron chi connectivity index (χ1n) is 5.48. The number of rotatable bonds is 2. The van der Waals surface area contributed by atoms with E-state index in [4.69, 9.17) is 0 Å². The van der Waals surface area contributed by atoms with Crippen molar-refractivity contribution in [3.8, 4) is 0 Å². The van der Waals surface area contributed by atoms with Gasteiger partial charge in [0, 0.05) is 28.9 Å². The molecule has 4 heteroatoms. The average molecular weight is 240 g/mol. The summed E-state index contributed by atoms with van der Waals surface area (Å²) >= 11 is 0. The third-order valence-electron chi connectivity index (χ3n) is 2.80. The first-order chi connectivity index (χ1) is 8.75. The third-order valence-corrected chi connectivity index (χ3v) is 2.80. The molecule has 0 aliphatic heterocycles. The molecule has 0 saturated carbocycles. The van der Waals surface area contributed by atoms with E-state index in [0.29, 0.717) is 16.8 Å². The number of carbonyl (C=O) groups excluding carboxylic acids is 1. The van der Waals surface area contributed by atoms with E-state index < -0.39 is 0 Å². The van der Waals surface area contributed by atoms with Crippen LogP contribution in [0, 0.1) is 5.82 Å². The number of pyridine rings is 1. The fraction of sp³-hybridized carbons (Fsp3) is 0. The molecule has 0 fully saturated rings. The lowest BCUT2D eigenvalue weighted by Gasteiger charge is -1.99. The molecule has 0 radical (unpaired) electrons. The first-order valence-corrected chi connectivity index (χ1v) is 5.48. The van der Waals surface area contributed by atoms with Gasteiger partial charge in [-0.2, -0.15) is 0 Å². The van der Waals surface area contributed by atoms with Crippen molar-refractivity contribution in [1.82, 2.24) is 9.97 Å². The first kappa shape index (κ1) is 10.7. The Morgan fingerprint density at radius 1 is 1.17 bits per heavy atom. The van der Waals surface area contributed by atoms with Crippen molar-refractivity contribution >= 4 is 16.8 Å². The number of ketones is 1. The summed E-state index contributed by atoms with van der Waals surface area (Å²) < 4.78 is 12.8. The zero-order valence-corrected chi connectivity index (χ0v) is 9.35. The summed E-state index contributed by atoms with van der Waals surface area (Å²) in [4.78, 5) is 19.3. The van der Waals surface area contributed by atoms with Crippen LogP contribution in [0.15, 0.2) is 48.8 Å². The van der Waals surface area contributed by atoms with Gasteiger partial charge in [0.15, 0.2) is 5.78 Å². The van der Waals surface area contributed by atoms with E-state index >= 15 is 0 Å². The molecular weight excluding hydrogens is 231 g/mol. The van der Waals surface area contributed by atoms with Gasteiger partial charge in [-0.25, -0.2) is 9.37 Å². The van der Waals surface area contributed by atoms with Gasteiger partial charge in [-0.15, -0.1) is 0 Å². The minimum atomic E-state index is -0.354. The molecule has 2 heterocycles. The van der Waals surface area contributed by atoms with Crippen LogP contribution in [0.5, 0.6) is 0 Å². The van der Waals surface area contributed by atoms with Gasteiger partial charge in [-0.1, -0.05) is 0 Å². The number of nitrogens with zero attached hydrogens (tertiary/aromatic N) is 1. The number of hydrogen-bond donors (Lipinski definition) is 1. The van der Waals surface area contributed by atoms with Crippen molar-refractivity contribution in [3.05, 3.63) is 65.7 Å². The molecule has 3 nitrogen and oxygen atoms in total. The van der Waals surface area contributed by atoms with Crippen LogP contribution in [0.4, 0.5) is 4.39 Å². The lowest BCUT2D eigenvalue weighted by molar-refractivity contribution is 0.104. The van der Waals surface area contributed by atoms with Crippen molar-refractivity contribution in [2.45, 2.75) is 0 Å². The Hall–Kier alpha value is -2.49. The Morgan fingerprint density at radius 3 is 2.72 bits per heavy atom. The topological polar surface area (TPSA) is 45.8 Å². The van der Waals surface area contributed by atoms with Gasteiger partial charge in [0.05, 0.1) is 0 Å². The van der Waals surface area contributed by atoms with Crippen molar-refractivity contribution < 1.29 is 9.18 Å². The average Bonchev–Trinajstić information content (AvgIpc) is 2.82. The van der Waals surface area contributed by atoms with Crippen molar-refractivity contribution in [3.63, 3.8) is 0 Å². The Bertz CT molecular complexity index is 716. The highest BCUT2D eigenvalue weighted by Gasteiger charge is 2.14. The molecule has 1 aromatic carbocycles. The molecule has 0 aliphatic carbocycles. The molecule has 0 saturated heterocycles. The van der Waals surface area contributed by atoms with Crippen LogP contribution in [-0.4, -0.2) is 15.8 Å². The molecule has 0 unspecified atom stereocenters. The van der Waals surface area contributed by atoms with E-state index in [1.54, 1.807) is 18.5 Å². The second-order valence-electron chi connectivity index (χ2n) is 3.94. The smallest absolute Gasteiger partial charge is 0.195 e. The Kier molecular flexibility index (Phi) is 2.41. The van der Waals surface area contributed by atoms with Gasteiger partial charge in [0.25, 0.3) is 0 Å². The van der Waals surface area contributed by atoms with E-state index in [9.17, 15) is 9.18 Å². The third kappa shape index (κ3) is 1.68. The zero-order chi connectivity index (χ0) is 12.5. The highest BCUT2D eigenvalue weighted by molar-refractivity contribution is 6.15. The van der Waals surface area contributed by atoms with E-state index in [0.717, 1.165) is 5.39 Å². The molecule has 1 N–H and O–H groups in total. The number of carbonyl (C=O) groups is 1. The maximum Gasteiger partial charge on any atom is 0.195 e. The summed E-state index contributed by atoms with van der Waals surface area (Å²) in [5.41, 5.74) is 1.67. The van der Waals surface area contributed by atoms with Gasteiger partial charge in [0.1, 0.15) is 11.5 Å². The summed E-state index contributed by atoms with van der Waals surface area (Å²) in [6.45, 7) is 0. The van der Waals surface area contributed by atoms with Crippen molar-refractivity contribution in [2.75, 3.05) is 0 Å². The molecule has 3 aromatic rings. The fourth-order valence-electron chi connectivity index (χ4n) is 1.90. The van der Waals surface area contributed by atoms with Crippen LogP contribution < -0.4 is 0 Å². The van der Waals surface area contributed by atoms with Crippen molar-refractivity contribution in [1.29, 1.82) is 0 Å². The Labute approximate surface area is 102 Å². The van der Waals surface area contributed by atoms with E-state index in [-0.39, 0.29) is 11.6 Å². The van der Waals surface area contributed by atoms with Crippen LogP contribution >= 0.6 is 0 Å². The van der Waals surface area contributed by atoms with E-state index in [2.05, 4.69) is 9.97 Å². The van der Waals surface area contributed by atoms with Crippen LogP contribution in [0.1, 0.15) is 15.9 Å². The quantitative estimate of drug-likeness (QED) is 0.700. The molecule has 2 aromatic heterocycles. The minimum Gasteiger partial charge on any atom is -0.345 e. The number of aromatic nitrogens is 2. The number of aromatic amines is 1. The maximum atomic E-state index is 12.8. The molecule has 0 atom stereocenters. The number of H-pyrrole nitrogens is 1. The minimum absolute atomic E-state index is 0.144. The summed E-state index contributed by atoms with van der Waals surface area (Å²) in [6.07, 6.45) is 3.29. The summed E-state index contributed by atoms with van der Waals surface area (Å²) in [5.74, 6) is -0.499. The molecule has 0 bridgehead atoms. The molecule has 0 spiro atoms. The molecule has 0 amide bonds. The summed E-state index contributed by atoms with van der Waals surface area (Å²) in [6, 6.07) is 9.12. The van der Waals surface area contributed by atoms with Gasteiger partial charge in [-0.05, 0) is 36.4 Å². The second kappa shape index (κ2) is 4.07. The summed E-state index contributed by atoms with van der Waals surface area (Å²) in [7, 11) is 0. The molecule has 88 valence electrons. The highest BCUT2D eigenvalue weighted by atomic mass is 19.1. The predicted octanol–water partition coefficient (Wildman–Crippen LogP) is 2.93. The number of nitrogens with one attached hydrogen (secondary N) is 1. The summed E-state index contributed by atoms with van der Waals surface area (Å²) in [5, 5.41) is 0.770. The standard InChI is InChI=1S/C14H9FN2O/c15-10-5-3-9(4-6-10)13(18)12-8-17-14-11(12)2-1-7-16-14/h1-8H,(H,16,17).